The summed E-state index contributed by atoms with van der Waals surface area (Å²) in [7, 11) is 1.56. The maximum absolute atomic E-state index is 13.7. The maximum atomic E-state index is 13.7. The molecule has 0 aliphatic carbocycles. The van der Waals surface area contributed by atoms with E-state index in [1.807, 2.05) is 30.9 Å². The monoisotopic (exact) mass is 480 g/mol. The van der Waals surface area contributed by atoms with Gasteiger partial charge in [-0.2, -0.15) is 13.2 Å². The van der Waals surface area contributed by atoms with Gasteiger partial charge in [-0.25, -0.2) is 4.98 Å². The summed E-state index contributed by atoms with van der Waals surface area (Å²) in [4.78, 5) is 17.7. The Labute approximate surface area is 197 Å². The SMILES string of the molecule is COc1ccc(CN(c2cc(C(F)(F)F)c(C(N)=O)cn2)C2CCNCC2)cc1OCC(C)C. The summed E-state index contributed by atoms with van der Waals surface area (Å²) < 4.78 is 52.4. The average molecular weight is 481 g/mol. The van der Waals surface area contributed by atoms with Crippen molar-refractivity contribution in [3.8, 4) is 11.5 Å². The van der Waals surface area contributed by atoms with Crippen LogP contribution in [0.2, 0.25) is 0 Å². The van der Waals surface area contributed by atoms with Crippen LogP contribution in [0.4, 0.5) is 19.0 Å². The summed E-state index contributed by atoms with van der Waals surface area (Å²) >= 11 is 0. The van der Waals surface area contributed by atoms with Gasteiger partial charge in [0.15, 0.2) is 11.5 Å². The van der Waals surface area contributed by atoms with Crippen molar-refractivity contribution in [3.63, 3.8) is 0 Å². The van der Waals surface area contributed by atoms with Crippen molar-refractivity contribution in [3.05, 3.63) is 47.2 Å². The Morgan fingerprint density at radius 1 is 1.24 bits per heavy atom. The van der Waals surface area contributed by atoms with Gasteiger partial charge in [-0.05, 0) is 55.6 Å². The second-order valence-corrected chi connectivity index (χ2v) is 8.75. The fourth-order valence-corrected chi connectivity index (χ4v) is 3.93. The van der Waals surface area contributed by atoms with E-state index in [2.05, 4.69) is 10.3 Å². The quantitative estimate of drug-likeness (QED) is 0.564. The number of nitrogens with zero attached hydrogens (tertiary/aromatic N) is 2. The first kappa shape index (κ1) is 25.6. The molecule has 0 saturated carbocycles. The fourth-order valence-electron chi connectivity index (χ4n) is 3.93. The molecule has 10 heteroatoms. The second-order valence-electron chi connectivity index (χ2n) is 8.75. The Bertz CT molecular complexity index is 992. The van der Waals surface area contributed by atoms with Crippen molar-refractivity contribution in [1.29, 1.82) is 0 Å². The minimum absolute atomic E-state index is 0.0311. The van der Waals surface area contributed by atoms with Gasteiger partial charge in [0.2, 0.25) is 0 Å². The molecule has 186 valence electrons. The first-order valence-electron chi connectivity index (χ1n) is 11.2. The number of carbonyl (C=O) groups is 1. The molecule has 1 aliphatic heterocycles. The number of pyridine rings is 1. The lowest BCUT2D eigenvalue weighted by Gasteiger charge is -2.36. The number of nitrogens with two attached hydrogens (primary N) is 1. The second kappa shape index (κ2) is 10.9. The maximum Gasteiger partial charge on any atom is 0.417 e. The van der Waals surface area contributed by atoms with E-state index in [4.69, 9.17) is 15.2 Å². The molecule has 1 fully saturated rings. The third-order valence-electron chi connectivity index (χ3n) is 5.66. The van der Waals surface area contributed by atoms with Crippen molar-refractivity contribution in [2.24, 2.45) is 11.7 Å². The predicted octanol–water partition coefficient (Wildman–Crippen LogP) is 4.00. The number of ether oxygens (including phenoxy) is 2. The third kappa shape index (κ3) is 6.31. The van der Waals surface area contributed by atoms with Gasteiger partial charge in [-0.1, -0.05) is 19.9 Å². The van der Waals surface area contributed by atoms with E-state index in [9.17, 15) is 18.0 Å². The molecule has 1 aromatic heterocycles. The van der Waals surface area contributed by atoms with Crippen LogP contribution < -0.4 is 25.4 Å². The van der Waals surface area contributed by atoms with Crippen molar-refractivity contribution in [2.45, 2.75) is 45.5 Å². The lowest BCUT2D eigenvalue weighted by Crippen LogP contribution is -2.43. The third-order valence-corrected chi connectivity index (χ3v) is 5.66. The molecular formula is C24H31F3N4O3. The zero-order valence-electron chi connectivity index (χ0n) is 19.6. The molecule has 3 rings (SSSR count). The standard InChI is InChI=1S/C24H31F3N4O3/c1-15(2)14-34-21-10-16(4-5-20(21)33-3)13-31(17-6-8-29-9-7-17)22-11-19(24(25,26)27)18(12-30-22)23(28)32/h4-5,10-12,15,17,29H,6-9,13-14H2,1-3H3,(H2,28,32). The van der Waals surface area contributed by atoms with Gasteiger partial charge in [0.25, 0.3) is 5.91 Å². The molecule has 1 aromatic carbocycles. The number of alkyl halides is 3. The molecule has 1 aliphatic rings. The summed E-state index contributed by atoms with van der Waals surface area (Å²) in [5.74, 6) is 0.452. The van der Waals surface area contributed by atoms with Crippen LogP contribution in [0, 0.1) is 5.92 Å². The number of piperidine rings is 1. The Kier molecular flexibility index (Phi) is 8.24. The zero-order valence-corrected chi connectivity index (χ0v) is 19.6. The van der Waals surface area contributed by atoms with Gasteiger partial charge < -0.3 is 25.4 Å². The number of nitrogens with one attached hydrogen (secondary N) is 1. The number of hydrogen-bond donors (Lipinski definition) is 2. The van der Waals surface area contributed by atoms with Crippen molar-refractivity contribution in [2.75, 3.05) is 31.7 Å². The van der Waals surface area contributed by atoms with Crippen LogP contribution in [0.1, 0.15) is 48.2 Å². The van der Waals surface area contributed by atoms with E-state index in [1.54, 1.807) is 13.2 Å². The number of anilines is 1. The Morgan fingerprint density at radius 3 is 2.53 bits per heavy atom. The number of benzene rings is 1. The van der Waals surface area contributed by atoms with Crippen molar-refractivity contribution >= 4 is 11.7 Å². The summed E-state index contributed by atoms with van der Waals surface area (Å²) in [6, 6.07) is 6.38. The summed E-state index contributed by atoms with van der Waals surface area (Å²) in [6.45, 7) is 6.38. The molecule has 2 heterocycles. The Hall–Kier alpha value is -3.01. The Balaban J connectivity index is 2.00. The number of halogens is 3. The van der Waals surface area contributed by atoms with Gasteiger partial charge in [-0.15, -0.1) is 0 Å². The van der Waals surface area contributed by atoms with Crippen LogP contribution in [0.5, 0.6) is 11.5 Å². The van der Waals surface area contributed by atoms with Gasteiger partial charge >= 0.3 is 6.18 Å². The number of methoxy groups -OCH3 is 1. The number of rotatable bonds is 9. The van der Waals surface area contributed by atoms with Crippen LogP contribution in [0.25, 0.3) is 0 Å². The average Bonchev–Trinajstić information content (AvgIpc) is 2.80. The van der Waals surface area contributed by atoms with E-state index >= 15 is 0 Å². The molecule has 0 bridgehead atoms. The molecule has 1 saturated heterocycles. The minimum Gasteiger partial charge on any atom is -0.493 e. The normalized spacial score (nSPS) is 14.8. The van der Waals surface area contributed by atoms with Crippen LogP contribution in [-0.4, -0.2) is 43.7 Å². The van der Waals surface area contributed by atoms with Crippen LogP contribution >= 0.6 is 0 Å². The first-order chi connectivity index (χ1) is 16.1. The largest absolute Gasteiger partial charge is 0.493 e. The molecule has 34 heavy (non-hydrogen) atoms. The minimum atomic E-state index is -4.74. The molecule has 0 atom stereocenters. The Morgan fingerprint density at radius 2 is 1.94 bits per heavy atom. The molecule has 7 nitrogen and oxygen atoms in total. The number of hydrogen-bond acceptors (Lipinski definition) is 6. The van der Waals surface area contributed by atoms with Gasteiger partial charge in [0.05, 0.1) is 24.8 Å². The smallest absolute Gasteiger partial charge is 0.417 e. The van der Waals surface area contributed by atoms with Crippen molar-refractivity contribution in [1.82, 2.24) is 10.3 Å². The van der Waals surface area contributed by atoms with E-state index in [0.29, 0.717) is 30.6 Å². The zero-order chi connectivity index (χ0) is 24.9. The summed E-state index contributed by atoms with van der Waals surface area (Å²) in [6.07, 6.45) is -2.33. The number of amides is 1. The molecule has 0 spiro atoms. The molecular weight excluding hydrogens is 449 g/mol. The molecule has 3 N–H and O–H groups in total. The first-order valence-corrected chi connectivity index (χ1v) is 11.2. The van der Waals surface area contributed by atoms with Gasteiger partial charge in [0.1, 0.15) is 5.82 Å². The molecule has 2 aromatic rings. The lowest BCUT2D eigenvalue weighted by molar-refractivity contribution is -0.137. The predicted molar refractivity (Wildman–Crippen MR) is 123 cm³/mol. The molecule has 1 amide bonds. The molecule has 0 unspecified atom stereocenters. The van der Waals surface area contributed by atoms with E-state index < -0.39 is 23.2 Å². The van der Waals surface area contributed by atoms with Gasteiger partial charge in [-0.3, -0.25) is 4.79 Å². The van der Waals surface area contributed by atoms with Crippen LogP contribution in [0.15, 0.2) is 30.5 Å². The summed E-state index contributed by atoms with van der Waals surface area (Å²) in [5.41, 5.74) is 4.28. The van der Waals surface area contributed by atoms with Crippen LogP contribution in [0.3, 0.4) is 0 Å². The number of aromatic nitrogens is 1. The number of carbonyl (C=O) groups excluding carboxylic acids is 1. The fraction of sp³-hybridized carbons (Fsp3) is 0.500. The van der Waals surface area contributed by atoms with Crippen molar-refractivity contribution < 1.29 is 27.4 Å². The highest BCUT2D eigenvalue weighted by atomic mass is 19.4. The highest BCUT2D eigenvalue weighted by Crippen LogP contribution is 2.35. The topological polar surface area (TPSA) is 89.7 Å². The van der Waals surface area contributed by atoms with E-state index in [-0.39, 0.29) is 11.9 Å². The van der Waals surface area contributed by atoms with E-state index in [1.165, 1.54) is 0 Å². The van der Waals surface area contributed by atoms with E-state index in [0.717, 1.165) is 43.8 Å². The summed E-state index contributed by atoms with van der Waals surface area (Å²) in [5, 5.41) is 3.27. The molecule has 0 radical (unpaired) electrons. The van der Waals surface area contributed by atoms with Gasteiger partial charge in [0, 0.05) is 18.8 Å². The number of primary amides is 1. The highest BCUT2D eigenvalue weighted by molar-refractivity contribution is 5.94. The highest BCUT2D eigenvalue weighted by Gasteiger charge is 2.36. The van der Waals surface area contributed by atoms with Crippen LogP contribution in [-0.2, 0) is 12.7 Å². The lowest BCUT2D eigenvalue weighted by atomic mass is 10.0.